The predicted molar refractivity (Wildman–Crippen MR) is 169 cm³/mol. The number of allylic oxidation sites excluding steroid dienone is 4. The largest absolute Gasteiger partial charge is 0.508 e. The van der Waals surface area contributed by atoms with Gasteiger partial charge in [0.15, 0.2) is 25.6 Å². The van der Waals surface area contributed by atoms with Gasteiger partial charge >= 0.3 is 0 Å². The minimum Gasteiger partial charge on any atom is -0.508 e. The van der Waals surface area contributed by atoms with Crippen LogP contribution in [0.3, 0.4) is 0 Å². The fourth-order valence-corrected chi connectivity index (χ4v) is 9.84. The summed E-state index contributed by atoms with van der Waals surface area (Å²) in [7, 11) is -2.30. The van der Waals surface area contributed by atoms with Crippen LogP contribution in [0, 0.1) is 34.5 Å². The van der Waals surface area contributed by atoms with Crippen molar-refractivity contribution in [3.8, 4) is 5.75 Å². The highest BCUT2D eigenvalue weighted by Gasteiger charge is 2.73. The molecule has 7 nitrogen and oxygen atoms in total. The van der Waals surface area contributed by atoms with Gasteiger partial charge in [0.25, 0.3) is 0 Å². The average molecular weight is 646 g/mol. The highest BCUT2D eigenvalue weighted by molar-refractivity contribution is 6.74. The van der Waals surface area contributed by atoms with Gasteiger partial charge in [0.1, 0.15) is 11.9 Å². The Bertz CT molecular complexity index is 1390. The van der Waals surface area contributed by atoms with Crippen LogP contribution in [0.15, 0.2) is 48.1 Å². The summed E-state index contributed by atoms with van der Waals surface area (Å²) in [5.74, 6) is -2.86. The number of carbonyl (C=O) groups is 2. The second kappa shape index (κ2) is 11.5. The molecule has 248 valence electrons. The number of aliphatic hydroxyl groups excluding tert-OH is 1. The number of carbonyl (C=O) groups excluding carboxylic acids is 2. The molecule has 5 rings (SSSR count). The molecule has 3 fully saturated rings. The van der Waals surface area contributed by atoms with Crippen LogP contribution in [0.4, 0.5) is 8.78 Å². The van der Waals surface area contributed by atoms with Gasteiger partial charge in [-0.15, -0.1) is 0 Å². The van der Waals surface area contributed by atoms with Crippen molar-refractivity contribution in [2.75, 3.05) is 13.2 Å². The molecule has 4 aliphatic carbocycles. The van der Waals surface area contributed by atoms with Crippen LogP contribution in [0.2, 0.25) is 18.1 Å². The molecule has 0 saturated heterocycles. The molecule has 0 heterocycles. The van der Waals surface area contributed by atoms with Crippen LogP contribution < -0.4 is 0 Å². The van der Waals surface area contributed by atoms with E-state index in [1.165, 1.54) is 30.4 Å². The Hall–Kier alpha value is -2.24. The Balaban J connectivity index is 1.50. The fraction of sp³-hybridized carbons (Fsp3) is 0.657. The number of hydroxylamine groups is 2. The van der Waals surface area contributed by atoms with Gasteiger partial charge in [-0.1, -0.05) is 45.9 Å². The molecule has 0 spiro atoms. The Labute approximate surface area is 266 Å². The molecule has 0 radical (unpaired) electrons. The number of hydrogen-bond donors (Lipinski definition) is 3. The van der Waals surface area contributed by atoms with E-state index in [-0.39, 0.29) is 54.7 Å². The van der Waals surface area contributed by atoms with Crippen molar-refractivity contribution < 1.29 is 38.2 Å². The van der Waals surface area contributed by atoms with Crippen LogP contribution in [0.25, 0.3) is 0 Å². The molecule has 9 atom stereocenters. The first kappa shape index (κ1) is 34.1. The van der Waals surface area contributed by atoms with E-state index in [0.29, 0.717) is 6.42 Å². The van der Waals surface area contributed by atoms with E-state index in [2.05, 4.69) is 33.9 Å². The Kier molecular flexibility index (Phi) is 8.69. The summed E-state index contributed by atoms with van der Waals surface area (Å²) in [4.78, 5) is 26.5. The number of ketones is 2. The number of fused-ring (bicyclic) bond motifs is 5. The molecule has 10 heteroatoms. The maximum Gasteiger partial charge on any atom is 0.192 e. The molecule has 3 N–H and O–H groups in total. The number of phenolic OH excluding ortho intramolecular Hbond substituents is 1. The monoisotopic (exact) mass is 645 g/mol. The molecule has 3 saturated carbocycles. The highest BCUT2D eigenvalue weighted by atomic mass is 28.4. The number of rotatable bonds is 8. The van der Waals surface area contributed by atoms with E-state index in [1.54, 1.807) is 19.1 Å². The zero-order valence-corrected chi connectivity index (χ0v) is 28.5. The lowest BCUT2D eigenvalue weighted by molar-refractivity contribution is -0.202. The van der Waals surface area contributed by atoms with Gasteiger partial charge in [-0.25, -0.2) is 8.78 Å². The van der Waals surface area contributed by atoms with E-state index in [1.807, 2.05) is 6.92 Å². The Morgan fingerprint density at radius 3 is 2.40 bits per heavy atom. The second-order valence-corrected chi connectivity index (χ2v) is 20.8. The lowest BCUT2D eigenvalue weighted by atomic mass is 9.45. The van der Waals surface area contributed by atoms with Gasteiger partial charge in [0, 0.05) is 30.3 Å². The van der Waals surface area contributed by atoms with Crippen LogP contribution in [0.5, 0.6) is 5.75 Å². The standard InChI is InChI=1S/C35H49F2NO6Si/c1-32(2,3)45(6,7)44-20-29(41)31-22(19-38(43)18-21-8-10-23(39)11-9-21)14-25-26-16-28(36)27-15-24(40)12-13-34(27,5)35(26,37)30(42)17-33(25,31)4/h8-13,15,22,25-26,28,30-31,39,42-43H,14,16-20H2,1-7H3/t22-,25-,26-,28-,30-,31+,33-,34-,35-/m0/s1. The quantitative estimate of drug-likeness (QED) is 0.224. The van der Waals surface area contributed by atoms with Crippen molar-refractivity contribution in [2.45, 2.75) is 96.5 Å². The van der Waals surface area contributed by atoms with Gasteiger partial charge in [-0.05, 0) is 97.0 Å². The number of halogens is 2. The molecular formula is C35H49F2NO6Si. The third-order valence-electron chi connectivity index (χ3n) is 12.3. The Morgan fingerprint density at radius 2 is 1.78 bits per heavy atom. The van der Waals surface area contributed by atoms with Crippen LogP contribution >= 0.6 is 0 Å². The van der Waals surface area contributed by atoms with Crippen LogP contribution in [-0.4, -0.2) is 71.5 Å². The minimum atomic E-state index is -2.30. The summed E-state index contributed by atoms with van der Waals surface area (Å²) in [5.41, 5.74) is -3.79. The normalized spacial score (nSPS) is 38.0. The van der Waals surface area contributed by atoms with Gasteiger partial charge < -0.3 is 19.8 Å². The average Bonchev–Trinajstić information content (AvgIpc) is 3.21. The van der Waals surface area contributed by atoms with Gasteiger partial charge in [0.2, 0.25) is 0 Å². The number of nitrogens with zero attached hydrogens (tertiary/aromatic N) is 1. The molecule has 1 aromatic rings. The van der Waals surface area contributed by atoms with E-state index in [4.69, 9.17) is 4.43 Å². The smallest absolute Gasteiger partial charge is 0.192 e. The topological polar surface area (TPSA) is 107 Å². The second-order valence-electron chi connectivity index (χ2n) is 16.0. The van der Waals surface area contributed by atoms with Crippen molar-refractivity contribution in [3.63, 3.8) is 0 Å². The number of Topliss-reactive ketones (excluding diaryl/α,β-unsaturated/α-hetero) is 1. The lowest BCUT2D eigenvalue weighted by Gasteiger charge is -2.62. The van der Waals surface area contributed by atoms with Crippen molar-refractivity contribution in [2.24, 2.45) is 34.5 Å². The third-order valence-corrected chi connectivity index (χ3v) is 16.8. The number of phenols is 1. The molecule has 0 unspecified atom stereocenters. The van der Waals surface area contributed by atoms with Crippen LogP contribution in [-0.2, 0) is 20.6 Å². The molecule has 0 amide bonds. The summed E-state index contributed by atoms with van der Waals surface area (Å²) in [5, 5.41) is 33.5. The van der Waals surface area contributed by atoms with E-state index in [9.17, 15) is 25.0 Å². The predicted octanol–water partition coefficient (Wildman–Crippen LogP) is 6.34. The number of aromatic hydroxyl groups is 1. The van der Waals surface area contributed by atoms with Gasteiger partial charge in [0.05, 0.1) is 12.7 Å². The van der Waals surface area contributed by atoms with E-state index >= 15 is 8.78 Å². The molecule has 0 bridgehead atoms. The molecule has 0 aliphatic heterocycles. The van der Waals surface area contributed by atoms with Crippen LogP contribution in [0.1, 0.15) is 59.4 Å². The summed E-state index contributed by atoms with van der Waals surface area (Å²) < 4.78 is 40.0. The first-order chi connectivity index (χ1) is 20.7. The molecular weight excluding hydrogens is 596 g/mol. The molecule has 45 heavy (non-hydrogen) atoms. The first-order valence-corrected chi connectivity index (χ1v) is 19.0. The molecule has 1 aromatic carbocycles. The fourth-order valence-electron chi connectivity index (χ4n) is 8.90. The number of benzene rings is 1. The van der Waals surface area contributed by atoms with Gasteiger partial charge in [-0.2, -0.15) is 5.06 Å². The SMILES string of the molecule is CC(C)(C)[Si](C)(C)OCC(=O)[C@H]1[C@H](CN(O)Cc2ccc(O)cc2)C[C@H]2[C@@H]3C[C@H](F)C4=CC(=O)C=C[C@]4(C)[C@@]3(F)[C@@H](O)C[C@@]21C. The van der Waals surface area contributed by atoms with Crippen molar-refractivity contribution in [1.82, 2.24) is 5.06 Å². The maximum absolute atomic E-state index is 17.7. The zero-order valence-electron chi connectivity index (χ0n) is 27.5. The minimum absolute atomic E-state index is 0.0112. The number of hydrogen-bond acceptors (Lipinski definition) is 7. The van der Waals surface area contributed by atoms with E-state index in [0.717, 1.165) is 10.6 Å². The summed E-state index contributed by atoms with van der Waals surface area (Å²) in [6.45, 7) is 14.1. The number of alkyl halides is 2. The van der Waals surface area contributed by atoms with Crippen molar-refractivity contribution in [1.29, 1.82) is 0 Å². The van der Waals surface area contributed by atoms with E-state index < -0.39 is 66.5 Å². The third kappa shape index (κ3) is 5.58. The van der Waals surface area contributed by atoms with Crippen molar-refractivity contribution in [3.05, 3.63) is 53.6 Å². The zero-order chi connectivity index (χ0) is 33.3. The Morgan fingerprint density at radius 1 is 1.13 bits per heavy atom. The highest BCUT2D eigenvalue weighted by Crippen LogP contribution is 2.70. The first-order valence-electron chi connectivity index (χ1n) is 16.1. The maximum atomic E-state index is 17.7. The summed E-state index contributed by atoms with van der Waals surface area (Å²) >= 11 is 0. The lowest BCUT2D eigenvalue weighted by Crippen LogP contribution is -2.68. The molecule has 0 aromatic heterocycles. The summed E-state index contributed by atoms with van der Waals surface area (Å²) in [6, 6.07) is 6.48. The number of aliphatic hydroxyl groups is 1. The van der Waals surface area contributed by atoms with Crippen molar-refractivity contribution >= 4 is 19.9 Å². The molecule has 4 aliphatic rings. The van der Waals surface area contributed by atoms with Gasteiger partial charge in [-0.3, -0.25) is 9.59 Å². The summed E-state index contributed by atoms with van der Waals surface area (Å²) in [6.07, 6.45) is 0.959.